The molecule has 6 nitrogen and oxygen atoms in total. The van der Waals surface area contributed by atoms with Gasteiger partial charge in [0, 0.05) is 23.6 Å². The molecule has 2 aromatic rings. The number of carbonyl (C=O) groups excluding carboxylic acids is 1. The normalized spacial score (nSPS) is 20.7. The third-order valence-electron chi connectivity index (χ3n) is 5.33. The van der Waals surface area contributed by atoms with E-state index >= 15 is 0 Å². The molecular weight excluding hydrogens is 387 g/mol. The molecule has 29 heavy (non-hydrogen) atoms. The molecule has 9 heteroatoms. The Morgan fingerprint density at radius 1 is 1.03 bits per heavy atom. The lowest BCUT2D eigenvalue weighted by atomic mass is 9.69. The molecule has 1 aliphatic heterocycles. The fourth-order valence-electron chi connectivity index (χ4n) is 4.26. The number of anilines is 1. The first-order valence-corrected chi connectivity index (χ1v) is 9.04. The van der Waals surface area contributed by atoms with Crippen LogP contribution in [-0.2, 0) is 11.0 Å². The van der Waals surface area contributed by atoms with E-state index in [0.717, 1.165) is 6.07 Å². The Balaban J connectivity index is 2.06. The van der Waals surface area contributed by atoms with Crippen LogP contribution in [0.3, 0.4) is 0 Å². The molecule has 0 saturated heterocycles. The lowest BCUT2D eigenvalue weighted by Crippen LogP contribution is -2.39. The Bertz CT molecular complexity index is 1170. The highest BCUT2D eigenvalue weighted by atomic mass is 19.4. The van der Waals surface area contributed by atoms with Crippen LogP contribution in [0.2, 0.25) is 0 Å². The Labute approximate surface area is 162 Å². The van der Waals surface area contributed by atoms with Crippen molar-refractivity contribution >= 4 is 11.6 Å². The number of hydrogen-bond donors (Lipinski definition) is 3. The van der Waals surface area contributed by atoms with Gasteiger partial charge in [-0.1, -0.05) is 32.0 Å². The second kappa shape index (κ2) is 6.20. The van der Waals surface area contributed by atoms with Crippen LogP contribution >= 0.6 is 0 Å². The van der Waals surface area contributed by atoms with Crippen molar-refractivity contribution in [2.75, 3.05) is 5.32 Å². The summed E-state index contributed by atoms with van der Waals surface area (Å²) in [4.78, 5) is 41.9. The SMILES string of the molecule is CC1(C)CC(=O)C2=C(C1)Nc1[nH]c(=O)[nH]c(=O)c1[C@@H]2c1ccccc1C(F)(F)F. The van der Waals surface area contributed by atoms with E-state index in [1.807, 2.05) is 13.8 Å². The van der Waals surface area contributed by atoms with Crippen molar-refractivity contribution in [1.82, 2.24) is 9.97 Å². The standard InChI is InChI=1S/C20H18F3N3O3/c1-19(2)7-11-14(12(27)8-19)13(9-5-3-4-6-10(9)20(21,22)23)15-16(24-11)25-18(29)26-17(15)28/h3-6,13H,7-8H2,1-2H3,(H3,24,25,26,28,29)/t13-/m1/s1. The maximum atomic E-state index is 13.7. The molecule has 152 valence electrons. The largest absolute Gasteiger partial charge is 0.416 e. The molecule has 1 aromatic heterocycles. The number of aromatic nitrogens is 2. The summed E-state index contributed by atoms with van der Waals surface area (Å²) in [5.41, 5.74) is -2.66. The number of aromatic amines is 2. The summed E-state index contributed by atoms with van der Waals surface area (Å²) in [7, 11) is 0. The Kier molecular flexibility index (Phi) is 4.11. The highest BCUT2D eigenvalue weighted by Crippen LogP contribution is 2.49. The molecule has 2 heterocycles. The molecule has 1 aliphatic carbocycles. The van der Waals surface area contributed by atoms with Crippen molar-refractivity contribution in [3.63, 3.8) is 0 Å². The minimum absolute atomic E-state index is 0.0185. The summed E-state index contributed by atoms with van der Waals surface area (Å²) >= 11 is 0. The molecule has 0 bridgehead atoms. The molecule has 2 aliphatic rings. The van der Waals surface area contributed by atoms with Gasteiger partial charge in [0.25, 0.3) is 5.56 Å². The third-order valence-corrected chi connectivity index (χ3v) is 5.33. The summed E-state index contributed by atoms with van der Waals surface area (Å²) in [6.07, 6.45) is -4.13. The zero-order chi connectivity index (χ0) is 21.1. The highest BCUT2D eigenvalue weighted by molar-refractivity contribution is 6.01. The fraction of sp³-hybridized carbons (Fsp3) is 0.350. The summed E-state index contributed by atoms with van der Waals surface area (Å²) < 4.78 is 41.2. The number of alkyl halides is 3. The lowest BCUT2D eigenvalue weighted by Gasteiger charge is -2.39. The molecule has 0 fully saturated rings. The number of carbonyl (C=O) groups is 1. The molecule has 0 spiro atoms. The van der Waals surface area contributed by atoms with E-state index in [4.69, 9.17) is 0 Å². The van der Waals surface area contributed by atoms with Crippen molar-refractivity contribution < 1.29 is 18.0 Å². The maximum absolute atomic E-state index is 13.7. The minimum Gasteiger partial charge on any atom is -0.344 e. The second-order valence-electron chi connectivity index (χ2n) is 8.17. The average molecular weight is 405 g/mol. The fourth-order valence-corrected chi connectivity index (χ4v) is 4.26. The molecule has 1 aromatic carbocycles. The van der Waals surface area contributed by atoms with Crippen LogP contribution in [0.15, 0.2) is 45.1 Å². The smallest absolute Gasteiger partial charge is 0.344 e. The summed E-state index contributed by atoms with van der Waals surface area (Å²) in [5.74, 6) is -1.53. The summed E-state index contributed by atoms with van der Waals surface area (Å²) in [6, 6.07) is 4.88. The van der Waals surface area contributed by atoms with Crippen LogP contribution < -0.4 is 16.6 Å². The van der Waals surface area contributed by atoms with Crippen LogP contribution in [-0.4, -0.2) is 15.8 Å². The van der Waals surface area contributed by atoms with Crippen LogP contribution in [0.25, 0.3) is 0 Å². The van der Waals surface area contributed by atoms with E-state index in [-0.39, 0.29) is 34.7 Å². The molecule has 1 atom stereocenters. The lowest BCUT2D eigenvalue weighted by molar-refractivity contribution is -0.138. The van der Waals surface area contributed by atoms with Gasteiger partial charge >= 0.3 is 11.9 Å². The van der Waals surface area contributed by atoms with E-state index in [9.17, 15) is 27.6 Å². The number of nitrogens with one attached hydrogen (secondary N) is 3. The predicted molar refractivity (Wildman–Crippen MR) is 99.6 cm³/mol. The first-order valence-electron chi connectivity index (χ1n) is 9.04. The van der Waals surface area contributed by atoms with Gasteiger partial charge in [0.15, 0.2) is 5.78 Å². The number of ketones is 1. The van der Waals surface area contributed by atoms with Gasteiger partial charge in [-0.2, -0.15) is 13.2 Å². The van der Waals surface area contributed by atoms with Crippen LogP contribution in [0.1, 0.15) is 49.3 Å². The van der Waals surface area contributed by atoms with Crippen molar-refractivity contribution in [3.05, 3.63) is 73.1 Å². The number of fused-ring (bicyclic) bond motifs is 1. The first kappa shape index (κ1) is 19.2. The summed E-state index contributed by atoms with van der Waals surface area (Å²) in [5, 5.41) is 2.93. The van der Waals surface area contributed by atoms with Crippen molar-refractivity contribution in [1.29, 1.82) is 0 Å². The highest BCUT2D eigenvalue weighted by Gasteiger charge is 2.45. The van der Waals surface area contributed by atoms with Gasteiger partial charge in [-0.3, -0.25) is 19.6 Å². The monoisotopic (exact) mass is 405 g/mol. The van der Waals surface area contributed by atoms with Crippen LogP contribution in [0, 0.1) is 5.41 Å². The van der Waals surface area contributed by atoms with Crippen LogP contribution in [0.5, 0.6) is 0 Å². The summed E-state index contributed by atoms with van der Waals surface area (Å²) in [6.45, 7) is 3.76. The van der Waals surface area contributed by atoms with E-state index in [1.165, 1.54) is 18.2 Å². The predicted octanol–water partition coefficient (Wildman–Crippen LogP) is 3.28. The van der Waals surface area contributed by atoms with Gasteiger partial charge in [-0.05, 0) is 23.5 Å². The van der Waals surface area contributed by atoms with Crippen molar-refractivity contribution in [2.24, 2.45) is 5.41 Å². The van der Waals surface area contributed by atoms with Gasteiger partial charge in [-0.15, -0.1) is 0 Å². The molecule has 0 radical (unpaired) electrons. The van der Waals surface area contributed by atoms with Gasteiger partial charge in [-0.25, -0.2) is 4.79 Å². The van der Waals surface area contributed by atoms with E-state index in [2.05, 4.69) is 15.3 Å². The number of allylic oxidation sites excluding steroid dienone is 2. The minimum atomic E-state index is -4.67. The van der Waals surface area contributed by atoms with Crippen molar-refractivity contribution in [3.8, 4) is 0 Å². The molecular formula is C20H18F3N3O3. The zero-order valence-corrected chi connectivity index (χ0v) is 15.7. The van der Waals surface area contributed by atoms with Gasteiger partial charge in [0.2, 0.25) is 0 Å². The molecule has 4 rings (SSSR count). The quantitative estimate of drug-likeness (QED) is 0.679. The number of H-pyrrole nitrogens is 2. The molecule has 3 N–H and O–H groups in total. The number of rotatable bonds is 1. The number of benzene rings is 1. The van der Waals surface area contributed by atoms with E-state index in [1.54, 1.807) is 0 Å². The van der Waals surface area contributed by atoms with Crippen LogP contribution in [0.4, 0.5) is 19.0 Å². The third kappa shape index (κ3) is 3.20. The number of halogens is 3. The maximum Gasteiger partial charge on any atom is 0.416 e. The first-order chi connectivity index (χ1) is 13.5. The molecule has 0 unspecified atom stereocenters. The average Bonchev–Trinajstić information content (AvgIpc) is 2.57. The van der Waals surface area contributed by atoms with Crippen molar-refractivity contribution in [2.45, 2.75) is 38.8 Å². The zero-order valence-electron chi connectivity index (χ0n) is 15.7. The van der Waals surface area contributed by atoms with Gasteiger partial charge < -0.3 is 5.32 Å². The van der Waals surface area contributed by atoms with Gasteiger partial charge in [0.1, 0.15) is 5.82 Å². The number of Topliss-reactive ketones (excluding diaryl/α,β-unsaturated/α-hetero) is 1. The second-order valence-corrected chi connectivity index (χ2v) is 8.17. The Morgan fingerprint density at radius 3 is 2.41 bits per heavy atom. The molecule has 0 saturated carbocycles. The Morgan fingerprint density at radius 2 is 1.72 bits per heavy atom. The number of hydrogen-bond acceptors (Lipinski definition) is 4. The Hall–Kier alpha value is -3.10. The van der Waals surface area contributed by atoms with E-state index < -0.39 is 34.3 Å². The molecule has 0 amide bonds. The van der Waals surface area contributed by atoms with E-state index in [0.29, 0.717) is 12.1 Å². The van der Waals surface area contributed by atoms with Gasteiger partial charge in [0.05, 0.1) is 11.1 Å². The topological polar surface area (TPSA) is 94.8 Å².